The highest BCUT2D eigenvalue weighted by Gasteiger charge is 2.30. The summed E-state index contributed by atoms with van der Waals surface area (Å²) in [6.45, 7) is 1.20. The van der Waals surface area contributed by atoms with Gasteiger partial charge >= 0.3 is 0 Å². The number of pyridine rings is 1. The molecule has 0 spiro atoms. The van der Waals surface area contributed by atoms with E-state index in [0.29, 0.717) is 29.8 Å². The van der Waals surface area contributed by atoms with Crippen LogP contribution in [0.2, 0.25) is 0 Å². The second-order valence-electron chi connectivity index (χ2n) is 6.26. The number of aryl methyl sites for hydroxylation is 1. The topological polar surface area (TPSA) is 76.4 Å². The molecule has 1 N–H and O–H groups in total. The predicted octanol–water partition coefficient (Wildman–Crippen LogP) is 1.28. The van der Waals surface area contributed by atoms with Crippen molar-refractivity contribution in [1.29, 1.82) is 0 Å². The first kappa shape index (κ1) is 17.0. The van der Waals surface area contributed by atoms with Crippen LogP contribution in [-0.2, 0) is 11.2 Å². The van der Waals surface area contributed by atoms with Crippen molar-refractivity contribution in [2.24, 2.45) is 0 Å². The number of amides is 2. The van der Waals surface area contributed by atoms with Crippen LogP contribution < -0.4 is 10.0 Å². The van der Waals surface area contributed by atoms with Crippen LogP contribution in [0.4, 0.5) is 0 Å². The Hall–Kier alpha value is -2.89. The molecule has 2 aromatic rings. The van der Waals surface area contributed by atoms with E-state index < -0.39 is 0 Å². The van der Waals surface area contributed by atoms with Crippen LogP contribution in [0.15, 0.2) is 54.9 Å². The molecule has 0 saturated carbocycles. The van der Waals surface area contributed by atoms with E-state index in [4.69, 9.17) is 0 Å². The number of nitrogens with one attached hydrogen (secondary N) is 1. The van der Waals surface area contributed by atoms with Crippen molar-refractivity contribution in [2.45, 2.75) is 25.3 Å². The van der Waals surface area contributed by atoms with Gasteiger partial charge in [0.15, 0.2) is 12.4 Å². The Morgan fingerprint density at radius 2 is 2.04 bits per heavy atom. The summed E-state index contributed by atoms with van der Waals surface area (Å²) in [4.78, 5) is 26.1. The average Bonchev–Trinajstić information content (AvgIpc) is 2.95. The molecule has 25 heavy (non-hydrogen) atoms. The molecule has 0 radical (unpaired) electrons. The number of hydrogen-bond acceptors (Lipinski definition) is 3. The van der Waals surface area contributed by atoms with Gasteiger partial charge in [-0.1, -0.05) is 30.3 Å². The third-order valence-corrected chi connectivity index (χ3v) is 4.32. The Balaban J connectivity index is 1.48. The smallest absolute Gasteiger partial charge is 0.257 e. The number of carbonyl (C=O) groups excluding carboxylic acids is 2. The Morgan fingerprint density at radius 3 is 2.80 bits per heavy atom. The molecule has 1 unspecified atom stereocenters. The van der Waals surface area contributed by atoms with Gasteiger partial charge in [0.05, 0.1) is 6.04 Å². The van der Waals surface area contributed by atoms with Gasteiger partial charge in [0, 0.05) is 25.6 Å². The largest absolute Gasteiger partial charge is 0.619 e. The van der Waals surface area contributed by atoms with Gasteiger partial charge in [-0.2, -0.15) is 4.73 Å². The molecule has 1 atom stereocenters. The number of nitrogens with zero attached hydrogens (tertiary/aromatic N) is 2. The van der Waals surface area contributed by atoms with Crippen LogP contribution in [0.3, 0.4) is 0 Å². The van der Waals surface area contributed by atoms with Crippen molar-refractivity contribution >= 4 is 11.8 Å². The molecule has 0 bridgehead atoms. The second-order valence-corrected chi connectivity index (χ2v) is 6.26. The zero-order valence-corrected chi connectivity index (χ0v) is 13.9. The third kappa shape index (κ3) is 4.56. The lowest BCUT2D eigenvalue weighted by Crippen LogP contribution is -2.38. The lowest BCUT2D eigenvalue weighted by molar-refractivity contribution is -0.605. The first-order chi connectivity index (χ1) is 12.1. The molecule has 130 valence electrons. The number of aromatic nitrogens is 1. The van der Waals surface area contributed by atoms with Gasteiger partial charge in [-0.25, -0.2) is 0 Å². The summed E-state index contributed by atoms with van der Waals surface area (Å²) in [5, 5.41) is 14.1. The highest BCUT2D eigenvalue weighted by Crippen LogP contribution is 2.13. The Bertz CT molecular complexity index is 749. The highest BCUT2D eigenvalue weighted by atomic mass is 16.5. The summed E-state index contributed by atoms with van der Waals surface area (Å²) in [6, 6.07) is 13.1. The normalized spacial score (nSPS) is 16.9. The third-order valence-electron chi connectivity index (χ3n) is 4.32. The minimum absolute atomic E-state index is 0.0605. The number of rotatable bonds is 6. The molecule has 1 aliphatic heterocycles. The summed E-state index contributed by atoms with van der Waals surface area (Å²) >= 11 is 0. The maximum Gasteiger partial charge on any atom is 0.257 e. The van der Waals surface area contributed by atoms with E-state index in [0.717, 1.165) is 12.8 Å². The van der Waals surface area contributed by atoms with Gasteiger partial charge in [0.25, 0.3) is 5.91 Å². The molecule has 1 aliphatic rings. The van der Waals surface area contributed by atoms with Crippen molar-refractivity contribution in [3.63, 3.8) is 0 Å². The monoisotopic (exact) mass is 339 g/mol. The number of likely N-dealkylation sites (tertiary alicyclic amines) is 1. The maximum atomic E-state index is 12.2. The zero-order chi connectivity index (χ0) is 17.6. The number of benzene rings is 1. The lowest BCUT2D eigenvalue weighted by atomic mass is 10.1. The number of carbonyl (C=O) groups is 2. The van der Waals surface area contributed by atoms with Gasteiger partial charge in [0.2, 0.25) is 5.91 Å². The van der Waals surface area contributed by atoms with Gasteiger partial charge in [-0.3, -0.25) is 9.59 Å². The predicted molar refractivity (Wildman–Crippen MR) is 92.6 cm³/mol. The summed E-state index contributed by atoms with van der Waals surface area (Å²) in [5.74, 6) is -0.264. The van der Waals surface area contributed by atoms with Crippen molar-refractivity contribution in [1.82, 2.24) is 10.2 Å². The van der Waals surface area contributed by atoms with Crippen molar-refractivity contribution < 1.29 is 14.3 Å². The molecule has 6 nitrogen and oxygen atoms in total. The lowest BCUT2D eigenvalue weighted by Gasteiger charge is -2.17. The van der Waals surface area contributed by atoms with Crippen LogP contribution in [-0.4, -0.2) is 35.8 Å². The second kappa shape index (κ2) is 7.79. The Morgan fingerprint density at radius 1 is 1.24 bits per heavy atom. The standard InChI is InChI=1S/C19H21N3O3/c23-18-12-17(20-19(24)16-9-5-11-22(25)13-16)14-21(18)10-4-8-15-6-2-1-3-7-15/h1-3,5-7,9,11,13,17H,4,8,10,12,14H2,(H,20,24). The molecule has 6 heteroatoms. The van der Waals surface area contributed by atoms with Gasteiger partial charge in [0.1, 0.15) is 5.56 Å². The van der Waals surface area contributed by atoms with Gasteiger partial charge < -0.3 is 15.4 Å². The van der Waals surface area contributed by atoms with Crippen molar-refractivity contribution in [2.75, 3.05) is 13.1 Å². The molecule has 2 heterocycles. The Labute approximate surface area is 146 Å². The fraction of sp³-hybridized carbons (Fsp3) is 0.316. The fourth-order valence-corrected chi connectivity index (χ4v) is 3.06. The van der Waals surface area contributed by atoms with Crippen LogP contribution in [0.25, 0.3) is 0 Å². The summed E-state index contributed by atoms with van der Waals surface area (Å²) < 4.78 is 0.588. The molecular formula is C19H21N3O3. The van der Waals surface area contributed by atoms with E-state index in [2.05, 4.69) is 17.4 Å². The minimum atomic E-state index is -0.325. The van der Waals surface area contributed by atoms with E-state index in [-0.39, 0.29) is 17.9 Å². The molecule has 1 aromatic heterocycles. The van der Waals surface area contributed by atoms with E-state index in [9.17, 15) is 14.8 Å². The van der Waals surface area contributed by atoms with Crippen LogP contribution >= 0.6 is 0 Å². The SMILES string of the molecule is O=C(NC1CC(=O)N(CCCc2ccccc2)C1)c1ccc[n+]([O-])c1. The molecule has 1 fully saturated rings. The number of hydrogen-bond donors (Lipinski definition) is 1. The summed E-state index contributed by atoms with van der Waals surface area (Å²) in [6.07, 6.45) is 4.68. The first-order valence-electron chi connectivity index (χ1n) is 8.43. The van der Waals surface area contributed by atoms with Crippen LogP contribution in [0.1, 0.15) is 28.8 Å². The van der Waals surface area contributed by atoms with Gasteiger partial charge in [-0.15, -0.1) is 0 Å². The fourth-order valence-electron chi connectivity index (χ4n) is 3.06. The highest BCUT2D eigenvalue weighted by molar-refractivity contribution is 5.94. The van der Waals surface area contributed by atoms with Crippen molar-refractivity contribution in [3.8, 4) is 0 Å². The van der Waals surface area contributed by atoms with Crippen LogP contribution in [0, 0.1) is 5.21 Å². The Kier molecular flexibility index (Phi) is 5.28. The minimum Gasteiger partial charge on any atom is -0.619 e. The summed E-state index contributed by atoms with van der Waals surface area (Å²) in [7, 11) is 0. The molecular weight excluding hydrogens is 318 g/mol. The van der Waals surface area contributed by atoms with E-state index in [1.54, 1.807) is 11.0 Å². The molecule has 2 amide bonds. The van der Waals surface area contributed by atoms with E-state index >= 15 is 0 Å². The van der Waals surface area contributed by atoms with Crippen LogP contribution in [0.5, 0.6) is 0 Å². The quantitative estimate of drug-likeness (QED) is 0.636. The molecule has 1 aromatic carbocycles. The zero-order valence-electron chi connectivity index (χ0n) is 13.9. The maximum absolute atomic E-state index is 12.2. The molecule has 1 saturated heterocycles. The summed E-state index contributed by atoms with van der Waals surface area (Å²) in [5.41, 5.74) is 1.56. The molecule has 0 aliphatic carbocycles. The average molecular weight is 339 g/mol. The van der Waals surface area contributed by atoms with E-state index in [1.807, 2.05) is 18.2 Å². The van der Waals surface area contributed by atoms with Gasteiger partial charge in [-0.05, 0) is 24.5 Å². The first-order valence-corrected chi connectivity index (χ1v) is 8.43. The molecule has 3 rings (SSSR count). The van der Waals surface area contributed by atoms with E-state index in [1.165, 1.54) is 24.0 Å². The van der Waals surface area contributed by atoms with Crippen molar-refractivity contribution in [3.05, 3.63) is 71.2 Å².